The predicted molar refractivity (Wildman–Crippen MR) is 105 cm³/mol. The minimum absolute atomic E-state index is 0.259. The lowest BCUT2D eigenvalue weighted by atomic mass is 10.1. The van der Waals surface area contributed by atoms with Crippen molar-refractivity contribution in [3.63, 3.8) is 0 Å². The van der Waals surface area contributed by atoms with Gasteiger partial charge in [-0.15, -0.1) is 0 Å². The fourth-order valence-corrected chi connectivity index (χ4v) is 2.59. The molecule has 0 saturated heterocycles. The topological polar surface area (TPSA) is 63.2 Å². The highest BCUT2D eigenvalue weighted by molar-refractivity contribution is 6.30. The molecule has 1 heterocycles. The molecule has 0 spiro atoms. The maximum atomic E-state index is 12.7. The van der Waals surface area contributed by atoms with Crippen LogP contribution in [0.15, 0.2) is 60.8 Å². The van der Waals surface area contributed by atoms with Crippen LogP contribution in [0.4, 0.5) is 17.2 Å². The molecule has 1 amide bonds. The molecule has 2 aromatic carbocycles. The third-order valence-electron chi connectivity index (χ3n) is 3.85. The highest BCUT2D eigenvalue weighted by Gasteiger charge is 2.14. The van der Waals surface area contributed by atoms with Gasteiger partial charge in [-0.25, -0.2) is 4.98 Å². The summed E-state index contributed by atoms with van der Waals surface area (Å²) in [6.07, 6.45) is 1.63. The molecule has 2 N–H and O–H groups in total. The summed E-state index contributed by atoms with van der Waals surface area (Å²) >= 11 is 6.07. The normalized spacial score (nSPS) is 10.3. The Balaban J connectivity index is 1.83. The molecule has 5 nitrogen and oxygen atoms in total. The zero-order valence-corrected chi connectivity index (χ0v) is 15.2. The van der Waals surface area contributed by atoms with Gasteiger partial charge in [-0.3, -0.25) is 4.79 Å². The van der Waals surface area contributed by atoms with Gasteiger partial charge in [0.15, 0.2) is 0 Å². The summed E-state index contributed by atoms with van der Waals surface area (Å²) in [6.45, 7) is 1.96. The van der Waals surface area contributed by atoms with E-state index in [1.165, 1.54) is 0 Å². The van der Waals surface area contributed by atoms with Crippen LogP contribution in [0.1, 0.15) is 15.9 Å². The summed E-state index contributed by atoms with van der Waals surface area (Å²) in [4.78, 5) is 17.0. The van der Waals surface area contributed by atoms with Crippen LogP contribution in [-0.4, -0.2) is 18.0 Å². The number of anilines is 3. The van der Waals surface area contributed by atoms with Gasteiger partial charge in [-0.2, -0.15) is 0 Å². The molecule has 3 rings (SSSR count). The number of hydrogen-bond donors (Lipinski definition) is 2. The van der Waals surface area contributed by atoms with Crippen molar-refractivity contribution < 1.29 is 9.53 Å². The highest BCUT2D eigenvalue weighted by atomic mass is 35.5. The second-order valence-corrected chi connectivity index (χ2v) is 6.10. The molecule has 1 aromatic heterocycles. The molecule has 0 radical (unpaired) electrons. The van der Waals surface area contributed by atoms with E-state index in [4.69, 9.17) is 16.3 Å². The van der Waals surface area contributed by atoms with E-state index in [-0.39, 0.29) is 5.91 Å². The summed E-state index contributed by atoms with van der Waals surface area (Å²) in [7, 11) is 1.60. The second kappa shape index (κ2) is 7.89. The molecule has 0 unspecified atom stereocenters. The van der Waals surface area contributed by atoms with Crippen molar-refractivity contribution in [2.24, 2.45) is 0 Å². The molecular formula is C20H18ClN3O2. The highest BCUT2D eigenvalue weighted by Crippen LogP contribution is 2.25. The molecule has 132 valence electrons. The SMILES string of the molecule is COc1ccc(NC(=O)c2cccnc2Nc2cc(Cl)ccc2C)cc1. The van der Waals surface area contributed by atoms with Crippen molar-refractivity contribution in [3.05, 3.63) is 76.9 Å². The number of pyridine rings is 1. The van der Waals surface area contributed by atoms with Crippen LogP contribution in [0.2, 0.25) is 5.02 Å². The average Bonchev–Trinajstić information content (AvgIpc) is 2.66. The van der Waals surface area contributed by atoms with E-state index in [2.05, 4.69) is 15.6 Å². The van der Waals surface area contributed by atoms with Crippen LogP contribution in [-0.2, 0) is 0 Å². The number of hydrogen-bond acceptors (Lipinski definition) is 4. The van der Waals surface area contributed by atoms with Gasteiger partial charge < -0.3 is 15.4 Å². The number of aryl methyl sites for hydroxylation is 1. The lowest BCUT2D eigenvalue weighted by Gasteiger charge is -2.13. The number of benzene rings is 2. The van der Waals surface area contributed by atoms with E-state index in [0.29, 0.717) is 22.1 Å². The number of carbonyl (C=O) groups is 1. The number of nitrogens with zero attached hydrogens (tertiary/aromatic N) is 1. The van der Waals surface area contributed by atoms with Crippen LogP contribution >= 0.6 is 11.6 Å². The number of methoxy groups -OCH3 is 1. The van der Waals surface area contributed by atoms with Crippen LogP contribution in [0.3, 0.4) is 0 Å². The Hall–Kier alpha value is -3.05. The van der Waals surface area contributed by atoms with Gasteiger partial charge in [0.1, 0.15) is 11.6 Å². The van der Waals surface area contributed by atoms with Crippen molar-refractivity contribution in [3.8, 4) is 5.75 Å². The number of rotatable bonds is 5. The van der Waals surface area contributed by atoms with Gasteiger partial charge in [0.05, 0.1) is 12.7 Å². The molecule has 0 fully saturated rings. The maximum Gasteiger partial charge on any atom is 0.259 e. The second-order valence-electron chi connectivity index (χ2n) is 5.67. The van der Waals surface area contributed by atoms with Gasteiger partial charge >= 0.3 is 0 Å². The van der Waals surface area contributed by atoms with E-state index in [1.54, 1.807) is 55.8 Å². The van der Waals surface area contributed by atoms with E-state index >= 15 is 0 Å². The largest absolute Gasteiger partial charge is 0.497 e. The first kappa shape index (κ1) is 17.8. The molecule has 0 atom stereocenters. The summed E-state index contributed by atoms with van der Waals surface area (Å²) in [5.74, 6) is 0.928. The quantitative estimate of drug-likeness (QED) is 0.662. The Morgan fingerprint density at radius 2 is 1.88 bits per heavy atom. The maximum absolute atomic E-state index is 12.7. The van der Waals surface area contributed by atoms with E-state index in [9.17, 15) is 4.79 Å². The zero-order chi connectivity index (χ0) is 18.5. The molecule has 0 aliphatic heterocycles. The lowest BCUT2D eigenvalue weighted by Crippen LogP contribution is -2.14. The predicted octanol–water partition coefficient (Wildman–Crippen LogP) is 5.05. The zero-order valence-electron chi connectivity index (χ0n) is 14.4. The standard InChI is InChI=1S/C20H18ClN3O2/c1-13-5-6-14(21)12-18(13)24-19-17(4-3-11-22-19)20(25)23-15-7-9-16(26-2)10-8-15/h3-12H,1-2H3,(H,22,24)(H,23,25). The van der Waals surface area contributed by atoms with E-state index in [0.717, 1.165) is 17.0 Å². The number of amides is 1. The number of ether oxygens (including phenoxy) is 1. The van der Waals surface area contributed by atoms with Crippen LogP contribution in [0, 0.1) is 6.92 Å². The molecule has 0 bridgehead atoms. The Kier molecular flexibility index (Phi) is 5.39. The molecular weight excluding hydrogens is 350 g/mol. The van der Waals surface area contributed by atoms with Crippen LogP contribution in [0.25, 0.3) is 0 Å². The van der Waals surface area contributed by atoms with E-state index in [1.807, 2.05) is 19.1 Å². The molecule has 26 heavy (non-hydrogen) atoms. The van der Waals surface area contributed by atoms with Crippen molar-refractivity contribution in [1.82, 2.24) is 4.98 Å². The lowest BCUT2D eigenvalue weighted by molar-refractivity contribution is 0.102. The fraction of sp³-hybridized carbons (Fsp3) is 0.100. The molecule has 6 heteroatoms. The van der Waals surface area contributed by atoms with Gasteiger partial charge in [-0.1, -0.05) is 17.7 Å². The number of aromatic nitrogens is 1. The minimum Gasteiger partial charge on any atom is -0.497 e. The average molecular weight is 368 g/mol. The summed E-state index contributed by atoms with van der Waals surface area (Å²) in [6, 6.07) is 16.1. The Bertz CT molecular complexity index is 927. The molecule has 0 saturated carbocycles. The van der Waals surface area contributed by atoms with Crippen molar-refractivity contribution >= 4 is 34.7 Å². The molecule has 0 aliphatic carbocycles. The minimum atomic E-state index is -0.259. The number of halogens is 1. The summed E-state index contributed by atoms with van der Waals surface area (Å²) < 4.78 is 5.12. The van der Waals surface area contributed by atoms with Crippen LogP contribution in [0.5, 0.6) is 5.75 Å². The van der Waals surface area contributed by atoms with Crippen molar-refractivity contribution in [2.75, 3.05) is 17.7 Å². The van der Waals surface area contributed by atoms with Gasteiger partial charge in [0.2, 0.25) is 0 Å². The monoisotopic (exact) mass is 367 g/mol. The first-order valence-electron chi connectivity index (χ1n) is 8.00. The molecule has 0 aliphatic rings. The Labute approximate surface area is 157 Å². The van der Waals surface area contributed by atoms with Gasteiger partial charge in [0.25, 0.3) is 5.91 Å². The Morgan fingerprint density at radius 1 is 1.12 bits per heavy atom. The third-order valence-corrected chi connectivity index (χ3v) is 4.09. The van der Waals surface area contributed by atoms with Gasteiger partial charge in [-0.05, 0) is 61.0 Å². The first-order chi connectivity index (χ1) is 12.6. The van der Waals surface area contributed by atoms with E-state index < -0.39 is 0 Å². The summed E-state index contributed by atoms with van der Waals surface area (Å²) in [5.41, 5.74) is 2.91. The smallest absolute Gasteiger partial charge is 0.259 e. The Morgan fingerprint density at radius 3 is 2.62 bits per heavy atom. The summed E-state index contributed by atoms with van der Waals surface area (Å²) in [5, 5.41) is 6.66. The van der Waals surface area contributed by atoms with Gasteiger partial charge in [0, 0.05) is 22.6 Å². The number of nitrogens with one attached hydrogen (secondary N) is 2. The third kappa shape index (κ3) is 4.13. The number of carbonyl (C=O) groups excluding carboxylic acids is 1. The first-order valence-corrected chi connectivity index (χ1v) is 8.38. The fourth-order valence-electron chi connectivity index (χ4n) is 2.42. The van der Waals surface area contributed by atoms with Crippen molar-refractivity contribution in [2.45, 2.75) is 6.92 Å². The molecule has 3 aromatic rings. The van der Waals surface area contributed by atoms with Crippen molar-refractivity contribution in [1.29, 1.82) is 0 Å². The van der Waals surface area contributed by atoms with Crippen LogP contribution < -0.4 is 15.4 Å².